The van der Waals surface area contributed by atoms with Crippen molar-refractivity contribution in [3.8, 4) is 16.9 Å². The SMILES string of the molecule is Cc1cccc(OCCCC(=O)N2C[C@H]3CC[C@H]3c3c(-c4cccc(COC(=O)NCCC(=O)O)c4)cccc32)c1C. The second-order valence-corrected chi connectivity index (χ2v) is 11.2. The molecule has 0 unspecified atom stereocenters. The lowest BCUT2D eigenvalue weighted by atomic mass is 9.65. The van der Waals surface area contributed by atoms with Crippen molar-refractivity contribution in [3.63, 3.8) is 0 Å². The number of carboxylic acids is 1. The molecule has 1 saturated carbocycles. The van der Waals surface area contributed by atoms with E-state index in [-0.39, 0.29) is 25.5 Å². The minimum atomic E-state index is -0.981. The number of fused-ring (bicyclic) bond motifs is 3. The van der Waals surface area contributed by atoms with Crippen molar-refractivity contribution >= 4 is 23.7 Å². The molecule has 2 atom stereocenters. The zero-order chi connectivity index (χ0) is 29.6. The maximum atomic E-state index is 13.5. The molecule has 5 rings (SSSR count). The van der Waals surface area contributed by atoms with E-state index in [0.29, 0.717) is 31.3 Å². The van der Waals surface area contributed by atoms with Gasteiger partial charge in [-0.25, -0.2) is 4.79 Å². The van der Waals surface area contributed by atoms with Crippen molar-refractivity contribution in [3.05, 3.63) is 82.9 Å². The molecule has 2 aliphatic rings. The largest absolute Gasteiger partial charge is 0.493 e. The number of rotatable bonds is 11. The van der Waals surface area contributed by atoms with Gasteiger partial charge in [0.25, 0.3) is 0 Å². The first kappa shape index (κ1) is 29.2. The van der Waals surface area contributed by atoms with E-state index < -0.39 is 12.1 Å². The molecule has 220 valence electrons. The molecule has 0 spiro atoms. The van der Waals surface area contributed by atoms with Gasteiger partial charge in [0.15, 0.2) is 0 Å². The maximum Gasteiger partial charge on any atom is 0.407 e. The summed E-state index contributed by atoms with van der Waals surface area (Å²) in [7, 11) is 0. The summed E-state index contributed by atoms with van der Waals surface area (Å²) in [6.07, 6.45) is 2.49. The van der Waals surface area contributed by atoms with Crippen LogP contribution in [0.4, 0.5) is 10.5 Å². The van der Waals surface area contributed by atoms with E-state index in [1.54, 1.807) is 0 Å². The first-order valence-electron chi connectivity index (χ1n) is 14.7. The molecule has 2 amide bonds. The van der Waals surface area contributed by atoms with Crippen LogP contribution >= 0.6 is 0 Å². The molecule has 8 nitrogen and oxygen atoms in total. The number of aliphatic carboxylic acids is 1. The van der Waals surface area contributed by atoms with E-state index in [1.165, 1.54) is 11.1 Å². The van der Waals surface area contributed by atoms with Gasteiger partial charge in [-0.05, 0) is 96.5 Å². The lowest BCUT2D eigenvalue weighted by Crippen LogP contribution is -2.45. The van der Waals surface area contributed by atoms with Crippen LogP contribution in [0.25, 0.3) is 11.1 Å². The molecule has 0 saturated heterocycles. The molecule has 42 heavy (non-hydrogen) atoms. The van der Waals surface area contributed by atoms with E-state index in [0.717, 1.165) is 53.1 Å². The van der Waals surface area contributed by atoms with Crippen molar-refractivity contribution < 1.29 is 29.0 Å². The molecule has 0 radical (unpaired) electrons. The highest BCUT2D eigenvalue weighted by Gasteiger charge is 2.42. The second-order valence-electron chi connectivity index (χ2n) is 11.2. The number of nitrogens with one attached hydrogen (secondary N) is 1. The van der Waals surface area contributed by atoms with Gasteiger partial charge in [-0.15, -0.1) is 0 Å². The first-order chi connectivity index (χ1) is 20.3. The van der Waals surface area contributed by atoms with Crippen LogP contribution in [0.15, 0.2) is 60.7 Å². The number of amides is 2. The van der Waals surface area contributed by atoms with Gasteiger partial charge in [-0.3, -0.25) is 9.59 Å². The summed E-state index contributed by atoms with van der Waals surface area (Å²) in [6, 6.07) is 20.1. The molecule has 1 fully saturated rings. The van der Waals surface area contributed by atoms with Gasteiger partial charge in [-0.1, -0.05) is 42.5 Å². The number of ether oxygens (including phenoxy) is 2. The number of aryl methyl sites for hydroxylation is 1. The zero-order valence-electron chi connectivity index (χ0n) is 24.2. The lowest BCUT2D eigenvalue weighted by molar-refractivity contribution is -0.136. The Kier molecular flexibility index (Phi) is 9.10. The van der Waals surface area contributed by atoms with Crippen molar-refractivity contribution in [1.29, 1.82) is 0 Å². The van der Waals surface area contributed by atoms with Gasteiger partial charge >= 0.3 is 12.1 Å². The third-order valence-corrected chi connectivity index (χ3v) is 8.44. The van der Waals surface area contributed by atoms with Gasteiger partial charge in [0.1, 0.15) is 12.4 Å². The average molecular weight is 571 g/mol. The molecule has 1 heterocycles. The van der Waals surface area contributed by atoms with E-state index in [9.17, 15) is 14.4 Å². The summed E-state index contributed by atoms with van der Waals surface area (Å²) >= 11 is 0. The number of alkyl carbamates (subject to hydrolysis) is 1. The molecular formula is C34H38N2O6. The smallest absolute Gasteiger partial charge is 0.407 e. The van der Waals surface area contributed by atoms with Gasteiger partial charge in [0, 0.05) is 25.2 Å². The summed E-state index contributed by atoms with van der Waals surface area (Å²) in [6.45, 7) is 5.46. The minimum absolute atomic E-state index is 0.0154. The molecule has 2 N–H and O–H groups in total. The Hall–Kier alpha value is -4.33. The van der Waals surface area contributed by atoms with Crippen molar-refractivity contribution in [2.75, 3.05) is 24.6 Å². The summed E-state index contributed by atoms with van der Waals surface area (Å²) in [5, 5.41) is 11.2. The van der Waals surface area contributed by atoms with Crippen LogP contribution in [0, 0.1) is 19.8 Å². The monoisotopic (exact) mass is 570 g/mol. The average Bonchev–Trinajstić information content (AvgIpc) is 2.96. The Morgan fingerprint density at radius 2 is 1.81 bits per heavy atom. The fraction of sp³-hybridized carbons (Fsp3) is 0.382. The molecule has 1 aliphatic carbocycles. The van der Waals surface area contributed by atoms with Crippen molar-refractivity contribution in [2.45, 2.75) is 58.5 Å². The number of carboxylic acid groups (broad SMARTS) is 1. The maximum absolute atomic E-state index is 13.5. The molecule has 3 aromatic rings. The fourth-order valence-electron chi connectivity index (χ4n) is 5.89. The number of hydrogen-bond acceptors (Lipinski definition) is 5. The van der Waals surface area contributed by atoms with E-state index in [2.05, 4.69) is 37.4 Å². The van der Waals surface area contributed by atoms with Crippen LogP contribution in [-0.4, -0.2) is 42.8 Å². The van der Waals surface area contributed by atoms with Gasteiger partial charge < -0.3 is 24.8 Å². The van der Waals surface area contributed by atoms with Crippen LogP contribution in [-0.2, 0) is 20.9 Å². The van der Waals surface area contributed by atoms with Crippen LogP contribution in [0.5, 0.6) is 5.75 Å². The molecule has 0 aromatic heterocycles. The van der Waals surface area contributed by atoms with Crippen LogP contribution < -0.4 is 15.0 Å². The van der Waals surface area contributed by atoms with E-state index in [4.69, 9.17) is 14.6 Å². The molecule has 8 heteroatoms. The Morgan fingerprint density at radius 1 is 1.00 bits per heavy atom. The summed E-state index contributed by atoms with van der Waals surface area (Å²) in [4.78, 5) is 38.1. The summed E-state index contributed by atoms with van der Waals surface area (Å²) in [5.41, 5.74) is 7.49. The third-order valence-electron chi connectivity index (χ3n) is 8.44. The summed E-state index contributed by atoms with van der Waals surface area (Å²) < 4.78 is 11.3. The number of carbonyl (C=O) groups is 3. The number of benzene rings is 3. The zero-order valence-corrected chi connectivity index (χ0v) is 24.2. The topological polar surface area (TPSA) is 105 Å². The van der Waals surface area contributed by atoms with E-state index in [1.807, 2.05) is 47.4 Å². The molecule has 1 aliphatic heterocycles. The Bertz CT molecular complexity index is 1470. The van der Waals surface area contributed by atoms with Crippen LogP contribution in [0.3, 0.4) is 0 Å². The molecule has 3 aromatic carbocycles. The van der Waals surface area contributed by atoms with Crippen LogP contribution in [0.2, 0.25) is 0 Å². The van der Waals surface area contributed by atoms with Gasteiger partial charge in [-0.2, -0.15) is 0 Å². The lowest BCUT2D eigenvalue weighted by Gasteiger charge is -2.47. The molecule has 0 bridgehead atoms. The Morgan fingerprint density at radius 3 is 2.60 bits per heavy atom. The third kappa shape index (κ3) is 6.59. The minimum Gasteiger partial charge on any atom is -0.493 e. The first-order valence-corrected chi connectivity index (χ1v) is 14.7. The predicted octanol–water partition coefficient (Wildman–Crippen LogP) is 6.37. The predicted molar refractivity (Wildman–Crippen MR) is 161 cm³/mol. The van der Waals surface area contributed by atoms with Gasteiger partial charge in [0.05, 0.1) is 13.0 Å². The van der Waals surface area contributed by atoms with Crippen molar-refractivity contribution in [1.82, 2.24) is 5.32 Å². The standard InChI is InChI=1S/C34H38N2O6/c1-22-7-3-12-30(23(22)2)41-18-6-13-31(37)36-20-26-14-15-28(26)33-27(10-5-11-29(33)36)25-9-4-8-24(19-25)21-42-34(40)35-17-16-32(38)39/h3-5,7-12,19,26,28H,6,13-18,20-21H2,1-2H3,(H,35,40)(H,38,39)/t26-,28-/m1/s1. The number of nitrogens with zero attached hydrogens (tertiary/aromatic N) is 1. The highest BCUT2D eigenvalue weighted by atomic mass is 16.5. The Balaban J connectivity index is 1.26. The highest BCUT2D eigenvalue weighted by Crippen LogP contribution is 2.53. The van der Waals surface area contributed by atoms with Gasteiger partial charge in [0.2, 0.25) is 5.91 Å². The van der Waals surface area contributed by atoms with Crippen LogP contribution in [0.1, 0.15) is 60.3 Å². The van der Waals surface area contributed by atoms with E-state index >= 15 is 0 Å². The van der Waals surface area contributed by atoms with Crippen molar-refractivity contribution in [2.24, 2.45) is 5.92 Å². The fourth-order valence-corrected chi connectivity index (χ4v) is 5.89. The summed E-state index contributed by atoms with van der Waals surface area (Å²) in [5.74, 6) is 0.895. The number of anilines is 1. The molecular weight excluding hydrogens is 532 g/mol. The Labute approximate surface area is 246 Å². The second kappa shape index (κ2) is 13.1. The number of hydrogen-bond donors (Lipinski definition) is 2. The normalized spacial score (nSPS) is 17.0. The quantitative estimate of drug-likeness (QED) is 0.260. The number of carbonyl (C=O) groups excluding carboxylic acids is 2. The highest BCUT2D eigenvalue weighted by molar-refractivity contribution is 5.96.